The van der Waals surface area contributed by atoms with Crippen LogP contribution in [0.5, 0.6) is 0 Å². The lowest BCUT2D eigenvalue weighted by atomic mass is 9.80. The first-order chi connectivity index (χ1) is 12.9. The molecule has 0 saturated carbocycles. The molecule has 2 fully saturated rings. The summed E-state index contributed by atoms with van der Waals surface area (Å²) in [6.45, 7) is 21.6. The van der Waals surface area contributed by atoms with Crippen LogP contribution in [0.3, 0.4) is 0 Å². The van der Waals surface area contributed by atoms with Crippen molar-refractivity contribution in [3.63, 3.8) is 0 Å². The van der Waals surface area contributed by atoms with E-state index in [4.69, 9.17) is 4.74 Å². The molecular formula is C23H47N3O2. The zero-order valence-electron chi connectivity index (χ0n) is 19.9. The average Bonchev–Trinajstić information content (AvgIpc) is 2.66. The molecule has 0 amide bonds. The van der Waals surface area contributed by atoms with E-state index >= 15 is 0 Å². The van der Waals surface area contributed by atoms with Crippen LogP contribution in [-0.4, -0.2) is 95.5 Å². The SMILES string of the molecule is CC(C)N1CCCC(C(C)(O)CCN(C)C(C)(C)[C@@H]2CN(C(C)C)CCO2)C1. The number of ether oxygens (including phenoxy) is 1. The molecule has 0 radical (unpaired) electrons. The normalized spacial score (nSPS) is 28.3. The van der Waals surface area contributed by atoms with Gasteiger partial charge in [-0.15, -0.1) is 0 Å². The second-order valence-corrected chi connectivity index (χ2v) is 10.6. The lowest BCUT2D eigenvalue weighted by Crippen LogP contribution is -2.60. The molecule has 0 aromatic heterocycles. The first-order valence-electron chi connectivity index (χ1n) is 11.5. The van der Waals surface area contributed by atoms with Crippen LogP contribution in [0.15, 0.2) is 0 Å². The molecule has 0 aromatic carbocycles. The van der Waals surface area contributed by atoms with Crippen LogP contribution in [-0.2, 0) is 4.74 Å². The molecule has 2 unspecified atom stereocenters. The third-order valence-electron chi connectivity index (χ3n) is 7.62. The molecule has 166 valence electrons. The van der Waals surface area contributed by atoms with Gasteiger partial charge in [0.1, 0.15) is 0 Å². The van der Waals surface area contributed by atoms with Gasteiger partial charge in [-0.25, -0.2) is 0 Å². The Bertz CT molecular complexity index is 478. The summed E-state index contributed by atoms with van der Waals surface area (Å²) in [7, 11) is 2.19. The molecule has 1 N–H and O–H groups in total. The van der Waals surface area contributed by atoms with Gasteiger partial charge < -0.3 is 14.7 Å². The summed E-state index contributed by atoms with van der Waals surface area (Å²) in [6.07, 6.45) is 3.34. The van der Waals surface area contributed by atoms with Crippen molar-refractivity contribution in [2.75, 3.05) is 46.4 Å². The fourth-order valence-corrected chi connectivity index (χ4v) is 4.68. The lowest BCUT2D eigenvalue weighted by molar-refractivity contribution is -0.110. The highest BCUT2D eigenvalue weighted by Crippen LogP contribution is 2.32. The summed E-state index contributed by atoms with van der Waals surface area (Å²) in [5.41, 5.74) is -0.671. The smallest absolute Gasteiger partial charge is 0.0880 e. The number of hydrogen-bond acceptors (Lipinski definition) is 5. The van der Waals surface area contributed by atoms with Crippen LogP contribution in [0, 0.1) is 5.92 Å². The quantitative estimate of drug-likeness (QED) is 0.681. The molecule has 2 heterocycles. The number of likely N-dealkylation sites (tertiary alicyclic amines) is 1. The minimum atomic E-state index is -0.616. The fraction of sp³-hybridized carbons (Fsp3) is 1.00. The summed E-state index contributed by atoms with van der Waals surface area (Å²) in [5, 5.41) is 11.3. The van der Waals surface area contributed by atoms with Crippen molar-refractivity contribution in [1.29, 1.82) is 0 Å². The highest BCUT2D eigenvalue weighted by Gasteiger charge is 2.40. The number of hydrogen-bond donors (Lipinski definition) is 1. The van der Waals surface area contributed by atoms with Crippen LogP contribution in [0.2, 0.25) is 0 Å². The van der Waals surface area contributed by atoms with E-state index in [2.05, 4.69) is 70.2 Å². The van der Waals surface area contributed by atoms with Crippen molar-refractivity contribution in [2.45, 2.75) is 97.1 Å². The zero-order chi connectivity index (χ0) is 21.1. The van der Waals surface area contributed by atoms with Crippen molar-refractivity contribution in [3.8, 4) is 0 Å². The molecule has 28 heavy (non-hydrogen) atoms. The Kier molecular flexibility index (Phi) is 8.37. The van der Waals surface area contributed by atoms with Gasteiger partial charge >= 0.3 is 0 Å². The Labute approximate surface area is 174 Å². The van der Waals surface area contributed by atoms with E-state index in [0.29, 0.717) is 18.0 Å². The molecule has 2 aliphatic heterocycles. The minimum Gasteiger partial charge on any atom is -0.390 e. The predicted molar refractivity (Wildman–Crippen MR) is 118 cm³/mol. The van der Waals surface area contributed by atoms with Gasteiger partial charge in [-0.3, -0.25) is 9.80 Å². The topological polar surface area (TPSA) is 39.2 Å². The van der Waals surface area contributed by atoms with Gasteiger partial charge in [0.15, 0.2) is 0 Å². The molecule has 0 aromatic rings. The van der Waals surface area contributed by atoms with Crippen molar-refractivity contribution in [2.24, 2.45) is 5.92 Å². The molecule has 0 spiro atoms. The van der Waals surface area contributed by atoms with Crippen molar-refractivity contribution in [1.82, 2.24) is 14.7 Å². The van der Waals surface area contributed by atoms with Crippen LogP contribution >= 0.6 is 0 Å². The summed E-state index contributed by atoms with van der Waals surface area (Å²) in [6, 6.07) is 1.12. The molecule has 5 heteroatoms. The van der Waals surface area contributed by atoms with Gasteiger partial charge in [-0.1, -0.05) is 0 Å². The largest absolute Gasteiger partial charge is 0.390 e. The van der Waals surface area contributed by atoms with Gasteiger partial charge in [0.05, 0.1) is 18.3 Å². The van der Waals surface area contributed by atoms with E-state index in [9.17, 15) is 5.11 Å². The number of nitrogens with zero attached hydrogens (tertiary/aromatic N) is 3. The van der Waals surface area contributed by atoms with Gasteiger partial charge in [0, 0.05) is 49.7 Å². The zero-order valence-corrected chi connectivity index (χ0v) is 19.9. The van der Waals surface area contributed by atoms with Crippen molar-refractivity contribution >= 4 is 0 Å². The first kappa shape index (κ1) is 24.1. The molecule has 0 bridgehead atoms. The van der Waals surface area contributed by atoms with E-state index in [1.807, 2.05) is 0 Å². The number of aliphatic hydroxyl groups is 1. The standard InChI is InChI=1S/C23H47N3O2/c1-18(2)25-12-9-10-20(16-25)23(7,27)11-13-24(8)22(5,6)21-17-26(19(3)4)14-15-28-21/h18-21,27H,9-17H2,1-8H3/t20?,21-,23?/m0/s1. The lowest BCUT2D eigenvalue weighted by Gasteiger charge is -2.48. The molecular weight excluding hydrogens is 350 g/mol. The third-order valence-corrected chi connectivity index (χ3v) is 7.62. The van der Waals surface area contributed by atoms with Gasteiger partial charge in [-0.2, -0.15) is 0 Å². The third kappa shape index (κ3) is 5.91. The number of rotatable bonds is 8. The van der Waals surface area contributed by atoms with E-state index in [1.165, 1.54) is 13.0 Å². The summed E-state index contributed by atoms with van der Waals surface area (Å²) in [5.74, 6) is 0.363. The second kappa shape index (κ2) is 9.74. The maximum Gasteiger partial charge on any atom is 0.0880 e. The van der Waals surface area contributed by atoms with Crippen LogP contribution < -0.4 is 0 Å². The van der Waals surface area contributed by atoms with E-state index in [-0.39, 0.29) is 11.6 Å². The Hall–Kier alpha value is -0.200. The maximum atomic E-state index is 11.3. The second-order valence-electron chi connectivity index (χ2n) is 10.6. The summed E-state index contributed by atoms with van der Waals surface area (Å²) >= 11 is 0. The highest BCUT2D eigenvalue weighted by atomic mass is 16.5. The number of piperidine rings is 1. The maximum absolute atomic E-state index is 11.3. The molecule has 2 aliphatic rings. The minimum absolute atomic E-state index is 0.0554. The molecule has 0 aliphatic carbocycles. The monoisotopic (exact) mass is 397 g/mol. The van der Waals surface area contributed by atoms with Gasteiger partial charge in [-0.05, 0) is 81.3 Å². The highest BCUT2D eigenvalue weighted by molar-refractivity contribution is 4.95. The molecule has 3 atom stereocenters. The summed E-state index contributed by atoms with van der Waals surface area (Å²) in [4.78, 5) is 7.44. The van der Waals surface area contributed by atoms with Crippen molar-refractivity contribution < 1.29 is 9.84 Å². The number of likely N-dealkylation sites (N-methyl/N-ethyl adjacent to an activating group) is 1. The van der Waals surface area contributed by atoms with E-state index in [0.717, 1.165) is 45.6 Å². The van der Waals surface area contributed by atoms with E-state index < -0.39 is 5.60 Å². The Balaban J connectivity index is 1.92. The Morgan fingerprint density at radius 2 is 1.64 bits per heavy atom. The average molecular weight is 398 g/mol. The van der Waals surface area contributed by atoms with Crippen LogP contribution in [0.25, 0.3) is 0 Å². The van der Waals surface area contributed by atoms with E-state index in [1.54, 1.807) is 0 Å². The van der Waals surface area contributed by atoms with Crippen molar-refractivity contribution in [3.05, 3.63) is 0 Å². The number of morpholine rings is 1. The molecule has 5 nitrogen and oxygen atoms in total. The molecule has 2 saturated heterocycles. The first-order valence-corrected chi connectivity index (χ1v) is 11.5. The van der Waals surface area contributed by atoms with Crippen LogP contribution in [0.4, 0.5) is 0 Å². The fourth-order valence-electron chi connectivity index (χ4n) is 4.68. The predicted octanol–water partition coefficient (Wildman–Crippen LogP) is 3.07. The Morgan fingerprint density at radius 3 is 2.25 bits per heavy atom. The van der Waals surface area contributed by atoms with Gasteiger partial charge in [0.25, 0.3) is 0 Å². The molecule has 2 rings (SSSR count). The Morgan fingerprint density at radius 1 is 1.04 bits per heavy atom. The van der Waals surface area contributed by atoms with Crippen LogP contribution in [0.1, 0.15) is 67.7 Å². The summed E-state index contributed by atoms with van der Waals surface area (Å²) < 4.78 is 6.18. The van der Waals surface area contributed by atoms with Gasteiger partial charge in [0.2, 0.25) is 0 Å².